The fourth-order valence-corrected chi connectivity index (χ4v) is 1.89. The molecular weight excluding hydrogens is 268 g/mol. The Labute approximate surface area is 124 Å². The maximum atomic E-state index is 5.31. The van der Waals surface area contributed by atoms with Gasteiger partial charge < -0.3 is 19.8 Å². The summed E-state index contributed by atoms with van der Waals surface area (Å²) in [4.78, 5) is 8.85. The molecule has 0 fully saturated rings. The number of furan rings is 1. The van der Waals surface area contributed by atoms with Gasteiger partial charge in [0, 0.05) is 32.7 Å². The molecule has 0 saturated carbocycles. The van der Waals surface area contributed by atoms with Crippen LogP contribution < -0.4 is 10.6 Å². The van der Waals surface area contributed by atoms with Gasteiger partial charge in [0.2, 0.25) is 0 Å². The second kappa shape index (κ2) is 8.26. The molecule has 21 heavy (non-hydrogen) atoms. The lowest BCUT2D eigenvalue weighted by molar-refractivity contribution is 0.178. The van der Waals surface area contributed by atoms with Gasteiger partial charge in [-0.15, -0.1) is 0 Å². The fourth-order valence-electron chi connectivity index (χ4n) is 1.89. The summed E-state index contributed by atoms with van der Waals surface area (Å²) in [6.07, 6.45) is 3.54. The Balaban J connectivity index is 1.97. The van der Waals surface area contributed by atoms with Crippen LogP contribution in [0.4, 0.5) is 11.6 Å². The minimum Gasteiger partial charge on any atom is -0.469 e. The smallest absolute Gasteiger partial charge is 0.158 e. The first-order chi connectivity index (χ1) is 10.3. The van der Waals surface area contributed by atoms with Crippen LogP contribution in [-0.4, -0.2) is 30.2 Å². The van der Waals surface area contributed by atoms with Crippen LogP contribution in [0.25, 0.3) is 0 Å². The molecule has 0 aliphatic heterocycles. The van der Waals surface area contributed by atoms with Crippen LogP contribution in [0.3, 0.4) is 0 Å². The van der Waals surface area contributed by atoms with Crippen LogP contribution in [0.15, 0.2) is 28.9 Å². The Kier molecular flexibility index (Phi) is 6.02. The monoisotopic (exact) mass is 290 g/mol. The SMILES string of the molecule is CCCNc1cc(NCCc2ccco2)nc(COC)n1. The minimum atomic E-state index is 0.397. The van der Waals surface area contributed by atoms with E-state index in [1.54, 1.807) is 13.4 Å². The quantitative estimate of drug-likeness (QED) is 0.740. The van der Waals surface area contributed by atoms with Gasteiger partial charge in [0.05, 0.1) is 6.26 Å². The molecule has 2 rings (SSSR count). The molecule has 0 aliphatic rings. The lowest BCUT2D eigenvalue weighted by Gasteiger charge is -2.10. The van der Waals surface area contributed by atoms with Gasteiger partial charge >= 0.3 is 0 Å². The third-order valence-electron chi connectivity index (χ3n) is 2.86. The van der Waals surface area contributed by atoms with Gasteiger partial charge in [-0.2, -0.15) is 0 Å². The van der Waals surface area contributed by atoms with Crippen molar-refractivity contribution in [2.24, 2.45) is 0 Å². The van der Waals surface area contributed by atoms with E-state index in [0.29, 0.717) is 12.4 Å². The number of ether oxygens (including phenoxy) is 1. The number of hydrogen-bond donors (Lipinski definition) is 2. The molecule has 6 heteroatoms. The highest BCUT2D eigenvalue weighted by Gasteiger charge is 2.05. The summed E-state index contributed by atoms with van der Waals surface area (Å²) in [5, 5.41) is 6.56. The normalized spacial score (nSPS) is 10.6. The predicted octanol–water partition coefficient (Wildman–Crippen LogP) is 2.69. The third-order valence-corrected chi connectivity index (χ3v) is 2.86. The Morgan fingerprint density at radius 2 is 1.95 bits per heavy atom. The summed E-state index contributed by atoms with van der Waals surface area (Å²) >= 11 is 0. The second-order valence-electron chi connectivity index (χ2n) is 4.67. The van der Waals surface area contributed by atoms with Gasteiger partial charge in [0.25, 0.3) is 0 Å². The molecule has 0 atom stereocenters. The largest absolute Gasteiger partial charge is 0.469 e. The molecule has 114 valence electrons. The van der Waals surface area contributed by atoms with Gasteiger partial charge in [-0.25, -0.2) is 9.97 Å². The van der Waals surface area contributed by atoms with Gasteiger partial charge in [0.15, 0.2) is 5.82 Å². The molecule has 2 N–H and O–H groups in total. The lowest BCUT2D eigenvalue weighted by atomic mass is 10.3. The summed E-state index contributed by atoms with van der Waals surface area (Å²) in [6.45, 7) is 4.15. The van der Waals surface area contributed by atoms with Crippen LogP contribution >= 0.6 is 0 Å². The van der Waals surface area contributed by atoms with E-state index in [1.165, 1.54) is 0 Å². The highest BCUT2D eigenvalue weighted by Crippen LogP contribution is 2.12. The van der Waals surface area contributed by atoms with Crippen LogP contribution in [0.2, 0.25) is 0 Å². The topological polar surface area (TPSA) is 72.2 Å². The van der Waals surface area contributed by atoms with Crippen LogP contribution in [0.1, 0.15) is 24.9 Å². The van der Waals surface area contributed by atoms with Crippen LogP contribution in [0.5, 0.6) is 0 Å². The Morgan fingerprint density at radius 3 is 2.57 bits per heavy atom. The number of hydrogen-bond acceptors (Lipinski definition) is 6. The lowest BCUT2D eigenvalue weighted by Crippen LogP contribution is -2.11. The molecule has 6 nitrogen and oxygen atoms in total. The predicted molar refractivity (Wildman–Crippen MR) is 82.4 cm³/mol. The van der Waals surface area contributed by atoms with Crippen LogP contribution in [0, 0.1) is 0 Å². The first-order valence-electron chi connectivity index (χ1n) is 7.19. The van der Waals surface area contributed by atoms with E-state index in [9.17, 15) is 0 Å². The van der Waals surface area contributed by atoms with Gasteiger partial charge in [-0.1, -0.05) is 6.92 Å². The molecule has 2 aromatic rings. The van der Waals surface area contributed by atoms with Crippen molar-refractivity contribution in [2.75, 3.05) is 30.8 Å². The van der Waals surface area contributed by atoms with E-state index in [1.807, 2.05) is 18.2 Å². The second-order valence-corrected chi connectivity index (χ2v) is 4.67. The van der Waals surface area contributed by atoms with E-state index in [-0.39, 0.29) is 0 Å². The molecule has 0 spiro atoms. The average molecular weight is 290 g/mol. The highest BCUT2D eigenvalue weighted by molar-refractivity contribution is 5.47. The molecule has 2 heterocycles. The molecule has 0 saturated heterocycles. The number of anilines is 2. The molecule has 0 amide bonds. The zero-order valence-corrected chi connectivity index (χ0v) is 12.6. The Morgan fingerprint density at radius 1 is 1.19 bits per heavy atom. The van der Waals surface area contributed by atoms with E-state index in [4.69, 9.17) is 9.15 Å². The molecule has 0 radical (unpaired) electrons. The van der Waals surface area contributed by atoms with E-state index in [2.05, 4.69) is 27.5 Å². The van der Waals surface area contributed by atoms with Crippen molar-refractivity contribution in [2.45, 2.75) is 26.4 Å². The number of methoxy groups -OCH3 is 1. The molecule has 0 aliphatic carbocycles. The van der Waals surface area contributed by atoms with Crippen molar-refractivity contribution in [3.63, 3.8) is 0 Å². The van der Waals surface area contributed by atoms with Gasteiger partial charge in [-0.3, -0.25) is 0 Å². The molecule has 0 bridgehead atoms. The van der Waals surface area contributed by atoms with E-state index >= 15 is 0 Å². The highest BCUT2D eigenvalue weighted by atomic mass is 16.5. The van der Waals surface area contributed by atoms with Gasteiger partial charge in [0.1, 0.15) is 24.0 Å². The number of nitrogens with zero attached hydrogens (tertiary/aromatic N) is 2. The first kappa shape index (κ1) is 15.3. The maximum Gasteiger partial charge on any atom is 0.158 e. The summed E-state index contributed by atoms with van der Waals surface area (Å²) in [7, 11) is 1.64. The van der Waals surface area contributed by atoms with Crippen molar-refractivity contribution in [3.8, 4) is 0 Å². The Hall–Kier alpha value is -2.08. The molecule has 0 aromatic carbocycles. The fraction of sp³-hybridized carbons (Fsp3) is 0.467. The third kappa shape index (κ3) is 5.07. The van der Waals surface area contributed by atoms with E-state index in [0.717, 1.165) is 43.3 Å². The molecule has 0 unspecified atom stereocenters. The maximum absolute atomic E-state index is 5.31. The van der Waals surface area contributed by atoms with E-state index < -0.39 is 0 Å². The van der Waals surface area contributed by atoms with Crippen molar-refractivity contribution in [1.29, 1.82) is 0 Å². The Bertz CT molecular complexity index is 528. The first-order valence-corrected chi connectivity index (χ1v) is 7.19. The summed E-state index contributed by atoms with van der Waals surface area (Å²) in [5.74, 6) is 3.23. The standard InChI is InChI=1S/C15H22N4O2/c1-3-7-16-13-10-14(19-15(18-13)11-20-2)17-8-6-12-5-4-9-21-12/h4-5,9-10H,3,6-8,11H2,1-2H3,(H2,16,17,18,19). The zero-order valence-electron chi connectivity index (χ0n) is 12.6. The number of nitrogens with one attached hydrogen (secondary N) is 2. The van der Waals surface area contributed by atoms with Crippen molar-refractivity contribution < 1.29 is 9.15 Å². The molecular formula is C15H22N4O2. The van der Waals surface area contributed by atoms with Crippen LogP contribution in [-0.2, 0) is 17.8 Å². The zero-order chi connectivity index (χ0) is 14.9. The molecule has 2 aromatic heterocycles. The summed E-state index contributed by atoms with van der Waals surface area (Å²) < 4.78 is 10.4. The van der Waals surface area contributed by atoms with Crippen molar-refractivity contribution >= 4 is 11.6 Å². The van der Waals surface area contributed by atoms with Gasteiger partial charge in [-0.05, 0) is 18.6 Å². The number of rotatable bonds is 9. The van der Waals surface area contributed by atoms with Crippen molar-refractivity contribution in [3.05, 3.63) is 36.0 Å². The number of aromatic nitrogens is 2. The van der Waals surface area contributed by atoms with Crippen molar-refractivity contribution in [1.82, 2.24) is 9.97 Å². The average Bonchev–Trinajstić information content (AvgIpc) is 2.99. The summed E-state index contributed by atoms with van der Waals surface area (Å²) in [5.41, 5.74) is 0. The minimum absolute atomic E-state index is 0.397. The summed E-state index contributed by atoms with van der Waals surface area (Å²) in [6, 6.07) is 5.77.